The van der Waals surface area contributed by atoms with Crippen molar-refractivity contribution >= 4 is 0 Å². The zero-order chi connectivity index (χ0) is 10.6. The van der Waals surface area contributed by atoms with E-state index >= 15 is 0 Å². The van der Waals surface area contributed by atoms with Crippen molar-refractivity contribution in [3.8, 4) is 0 Å². The largest absolute Gasteiger partial charge is 0.296 e. The van der Waals surface area contributed by atoms with Crippen molar-refractivity contribution in [3.05, 3.63) is 0 Å². The molecule has 0 fully saturated rings. The smallest absolute Gasteiger partial charge is 0.0127 e. The highest BCUT2D eigenvalue weighted by Crippen LogP contribution is 2.18. The first-order chi connectivity index (χ1) is 5.75. The summed E-state index contributed by atoms with van der Waals surface area (Å²) in [5, 5.41) is 0. The third kappa shape index (κ3) is 5.30. The molecule has 0 aliphatic carbocycles. The van der Waals surface area contributed by atoms with Crippen LogP contribution in [0.4, 0.5) is 0 Å². The normalized spacial score (nSPS) is 13.4. The predicted octanol–water partition coefficient (Wildman–Crippen LogP) is 3.54. The molecule has 0 aliphatic rings. The van der Waals surface area contributed by atoms with E-state index in [1.807, 2.05) is 0 Å². The zero-order valence-corrected chi connectivity index (χ0v) is 10.5. The average Bonchev–Trinajstić information content (AvgIpc) is 1.81. The Bertz CT molecular complexity index is 131. The topological polar surface area (TPSA) is 3.24 Å². The third-order valence-corrected chi connectivity index (χ3v) is 2.43. The molecule has 80 valence electrons. The molecule has 1 nitrogen and oxygen atoms in total. The van der Waals surface area contributed by atoms with Gasteiger partial charge in [-0.25, -0.2) is 0 Å². The molecule has 0 aromatic rings. The molecule has 0 unspecified atom stereocenters. The lowest BCUT2D eigenvalue weighted by Crippen LogP contribution is -2.46. The Morgan fingerprint density at radius 2 is 1.46 bits per heavy atom. The van der Waals surface area contributed by atoms with Crippen LogP contribution in [0, 0.1) is 5.92 Å². The summed E-state index contributed by atoms with van der Waals surface area (Å²) in [7, 11) is 0. The lowest BCUT2D eigenvalue weighted by Gasteiger charge is -2.39. The van der Waals surface area contributed by atoms with Gasteiger partial charge in [-0.3, -0.25) is 4.90 Å². The van der Waals surface area contributed by atoms with E-state index in [2.05, 4.69) is 53.4 Å². The zero-order valence-electron chi connectivity index (χ0n) is 10.5. The van der Waals surface area contributed by atoms with Crippen LogP contribution >= 0.6 is 0 Å². The van der Waals surface area contributed by atoms with Crippen molar-refractivity contribution in [2.24, 2.45) is 5.92 Å². The summed E-state index contributed by atoms with van der Waals surface area (Å²) in [5.41, 5.74) is 0.309. The van der Waals surface area contributed by atoms with Crippen molar-refractivity contribution in [3.63, 3.8) is 0 Å². The van der Waals surface area contributed by atoms with Crippen LogP contribution in [-0.2, 0) is 0 Å². The van der Waals surface area contributed by atoms with E-state index in [0.717, 1.165) is 5.92 Å². The van der Waals surface area contributed by atoms with Crippen LogP contribution in [0.2, 0.25) is 0 Å². The summed E-state index contributed by atoms with van der Waals surface area (Å²) in [4.78, 5) is 2.58. The molecule has 0 heterocycles. The van der Waals surface area contributed by atoms with Gasteiger partial charge in [-0.15, -0.1) is 0 Å². The summed E-state index contributed by atoms with van der Waals surface area (Å²) >= 11 is 0. The molecule has 0 atom stereocenters. The molecule has 0 aromatic heterocycles. The fourth-order valence-electron chi connectivity index (χ4n) is 1.77. The van der Waals surface area contributed by atoms with Gasteiger partial charge in [0.1, 0.15) is 0 Å². The molecule has 0 spiro atoms. The summed E-state index contributed by atoms with van der Waals surface area (Å²) < 4.78 is 0. The van der Waals surface area contributed by atoms with Gasteiger partial charge in [-0.05, 0) is 53.5 Å². The first kappa shape index (κ1) is 13.0. The van der Waals surface area contributed by atoms with Gasteiger partial charge in [0.15, 0.2) is 0 Å². The lowest BCUT2D eigenvalue weighted by molar-refractivity contribution is 0.0930. The first-order valence-corrected chi connectivity index (χ1v) is 5.52. The Labute approximate surface area is 84.5 Å². The van der Waals surface area contributed by atoms with Crippen molar-refractivity contribution in [2.75, 3.05) is 6.54 Å². The Morgan fingerprint density at radius 1 is 1.00 bits per heavy atom. The number of rotatable bonds is 4. The maximum Gasteiger partial charge on any atom is 0.0127 e. The maximum absolute atomic E-state index is 2.58. The third-order valence-electron chi connectivity index (χ3n) is 2.43. The van der Waals surface area contributed by atoms with Crippen LogP contribution in [0.3, 0.4) is 0 Å². The van der Waals surface area contributed by atoms with Crippen LogP contribution in [0.5, 0.6) is 0 Å². The van der Waals surface area contributed by atoms with Crippen molar-refractivity contribution in [2.45, 2.75) is 66.5 Å². The second-order valence-electron chi connectivity index (χ2n) is 5.64. The van der Waals surface area contributed by atoms with Gasteiger partial charge in [0, 0.05) is 11.6 Å². The fourth-order valence-corrected chi connectivity index (χ4v) is 1.77. The molecule has 0 aliphatic heterocycles. The quantitative estimate of drug-likeness (QED) is 0.647. The van der Waals surface area contributed by atoms with E-state index in [4.69, 9.17) is 0 Å². The average molecular weight is 185 g/mol. The molecule has 0 radical (unpaired) electrons. The molecule has 0 rings (SSSR count). The van der Waals surface area contributed by atoms with Crippen molar-refractivity contribution < 1.29 is 0 Å². The van der Waals surface area contributed by atoms with Crippen LogP contribution in [0.25, 0.3) is 0 Å². The van der Waals surface area contributed by atoms with Crippen molar-refractivity contribution in [1.29, 1.82) is 0 Å². The second kappa shape index (κ2) is 4.99. The van der Waals surface area contributed by atoms with Gasteiger partial charge >= 0.3 is 0 Å². The Hall–Kier alpha value is -0.0400. The predicted molar refractivity (Wildman–Crippen MR) is 61.1 cm³/mol. The van der Waals surface area contributed by atoms with Crippen molar-refractivity contribution in [1.82, 2.24) is 4.90 Å². The summed E-state index contributed by atoms with van der Waals surface area (Å²) in [5.74, 6) is 0.809. The highest BCUT2D eigenvalue weighted by molar-refractivity contribution is 4.79. The molecule has 0 bridgehead atoms. The molecule has 0 amide bonds. The van der Waals surface area contributed by atoms with Crippen LogP contribution in [0.1, 0.15) is 54.9 Å². The molecule has 1 heteroatoms. The maximum atomic E-state index is 2.58. The SMILES string of the molecule is CC(C)CCN(C(C)C)C(C)(C)C. The highest BCUT2D eigenvalue weighted by atomic mass is 15.2. The van der Waals surface area contributed by atoms with Crippen LogP contribution < -0.4 is 0 Å². The first-order valence-electron chi connectivity index (χ1n) is 5.52. The molecular formula is C12H27N. The van der Waals surface area contributed by atoms with Gasteiger partial charge in [0.25, 0.3) is 0 Å². The van der Waals surface area contributed by atoms with Gasteiger partial charge in [0.2, 0.25) is 0 Å². The highest BCUT2D eigenvalue weighted by Gasteiger charge is 2.23. The molecule has 0 aromatic carbocycles. The molecule has 0 saturated carbocycles. The van der Waals surface area contributed by atoms with Gasteiger partial charge in [-0.2, -0.15) is 0 Å². The van der Waals surface area contributed by atoms with E-state index in [0.29, 0.717) is 11.6 Å². The minimum Gasteiger partial charge on any atom is -0.296 e. The fraction of sp³-hybridized carbons (Fsp3) is 1.00. The lowest BCUT2D eigenvalue weighted by atomic mass is 10.0. The van der Waals surface area contributed by atoms with Crippen LogP contribution in [-0.4, -0.2) is 23.0 Å². The minimum atomic E-state index is 0.309. The van der Waals surface area contributed by atoms with E-state index in [-0.39, 0.29) is 0 Å². The van der Waals surface area contributed by atoms with E-state index in [9.17, 15) is 0 Å². The standard InChI is InChI=1S/C12H27N/c1-10(2)8-9-13(11(3)4)12(5,6)7/h10-11H,8-9H2,1-7H3. The molecular weight excluding hydrogens is 158 g/mol. The summed E-state index contributed by atoms with van der Waals surface area (Å²) in [6.07, 6.45) is 1.30. The van der Waals surface area contributed by atoms with Gasteiger partial charge in [0.05, 0.1) is 0 Å². The monoisotopic (exact) mass is 185 g/mol. The molecule has 0 N–H and O–H groups in total. The van der Waals surface area contributed by atoms with Crippen LogP contribution in [0.15, 0.2) is 0 Å². The molecule has 13 heavy (non-hydrogen) atoms. The number of hydrogen-bond acceptors (Lipinski definition) is 1. The Balaban J connectivity index is 4.12. The second-order valence-corrected chi connectivity index (χ2v) is 5.64. The Kier molecular flexibility index (Phi) is 4.98. The number of hydrogen-bond donors (Lipinski definition) is 0. The number of nitrogens with zero attached hydrogens (tertiary/aromatic N) is 1. The van der Waals surface area contributed by atoms with E-state index < -0.39 is 0 Å². The van der Waals surface area contributed by atoms with E-state index in [1.165, 1.54) is 13.0 Å². The summed E-state index contributed by atoms with van der Waals surface area (Å²) in [6, 6.07) is 0.652. The van der Waals surface area contributed by atoms with Gasteiger partial charge in [-0.1, -0.05) is 13.8 Å². The van der Waals surface area contributed by atoms with Gasteiger partial charge < -0.3 is 0 Å². The minimum absolute atomic E-state index is 0.309. The Morgan fingerprint density at radius 3 is 1.69 bits per heavy atom. The molecule has 0 saturated heterocycles. The van der Waals surface area contributed by atoms with E-state index in [1.54, 1.807) is 0 Å². The summed E-state index contributed by atoms with van der Waals surface area (Å²) in [6.45, 7) is 17.3.